The Morgan fingerprint density at radius 2 is 1.67 bits per heavy atom. The number of halogens is 1. The minimum Gasteiger partial charge on any atom is -0.333 e. The van der Waals surface area contributed by atoms with Gasteiger partial charge >= 0.3 is 0 Å². The zero-order chi connectivity index (χ0) is 14.4. The lowest BCUT2D eigenvalue weighted by Crippen LogP contribution is -2.47. The quantitative estimate of drug-likeness (QED) is 0.722. The smallest absolute Gasteiger partial charge is 0.254 e. The van der Waals surface area contributed by atoms with E-state index in [9.17, 15) is 4.79 Å². The van der Waals surface area contributed by atoms with E-state index in [1.165, 1.54) is 0 Å². The van der Waals surface area contributed by atoms with E-state index < -0.39 is 0 Å². The molecule has 108 valence electrons. The molecule has 0 N–H and O–H groups in total. The van der Waals surface area contributed by atoms with Gasteiger partial charge in [0.15, 0.2) is 0 Å². The summed E-state index contributed by atoms with van der Waals surface area (Å²) >= 11 is 6.32. The van der Waals surface area contributed by atoms with Gasteiger partial charge in [-0.15, -0.1) is 11.6 Å². The van der Waals surface area contributed by atoms with Gasteiger partial charge in [-0.3, -0.25) is 4.79 Å². The van der Waals surface area contributed by atoms with Crippen LogP contribution in [0.1, 0.15) is 36.0 Å². The van der Waals surface area contributed by atoms with Gasteiger partial charge < -0.3 is 4.90 Å². The molecule has 0 aromatic heterocycles. The fraction of sp³-hybridized carbons (Fsp3) is 0.389. The first kappa shape index (κ1) is 13.1. The van der Waals surface area contributed by atoms with Crippen LogP contribution in [-0.2, 0) is 0 Å². The zero-order valence-corrected chi connectivity index (χ0v) is 12.6. The number of hydrogen-bond acceptors (Lipinski definition) is 1. The van der Waals surface area contributed by atoms with Crippen LogP contribution in [0, 0.1) is 0 Å². The summed E-state index contributed by atoms with van der Waals surface area (Å²) in [4.78, 5) is 15.2. The fourth-order valence-electron chi connectivity index (χ4n) is 3.99. The summed E-state index contributed by atoms with van der Waals surface area (Å²) in [6.07, 6.45) is 4.08. The minimum atomic E-state index is 0.183. The van der Waals surface area contributed by atoms with Crippen LogP contribution in [0.4, 0.5) is 0 Å². The number of nitrogens with zero attached hydrogens (tertiary/aromatic N) is 1. The summed E-state index contributed by atoms with van der Waals surface area (Å²) in [7, 11) is 0. The van der Waals surface area contributed by atoms with E-state index >= 15 is 0 Å². The molecule has 2 aromatic carbocycles. The van der Waals surface area contributed by atoms with Crippen LogP contribution in [0.3, 0.4) is 0 Å². The maximum atomic E-state index is 13.1. The van der Waals surface area contributed by atoms with Gasteiger partial charge in [-0.25, -0.2) is 0 Å². The number of alkyl halides is 1. The number of hydrogen-bond donors (Lipinski definition) is 0. The van der Waals surface area contributed by atoms with E-state index in [2.05, 4.69) is 17.0 Å². The van der Waals surface area contributed by atoms with Gasteiger partial charge in [-0.2, -0.15) is 0 Å². The van der Waals surface area contributed by atoms with Gasteiger partial charge in [0.1, 0.15) is 0 Å². The molecule has 2 aliphatic rings. The van der Waals surface area contributed by atoms with Crippen LogP contribution >= 0.6 is 11.6 Å². The summed E-state index contributed by atoms with van der Waals surface area (Å²) in [6, 6.07) is 14.8. The predicted molar refractivity (Wildman–Crippen MR) is 85.8 cm³/mol. The second-order valence-electron chi connectivity index (χ2n) is 6.19. The highest BCUT2D eigenvalue weighted by molar-refractivity contribution is 6.20. The topological polar surface area (TPSA) is 20.3 Å². The van der Waals surface area contributed by atoms with E-state index in [4.69, 9.17) is 11.6 Å². The first-order chi connectivity index (χ1) is 10.2. The van der Waals surface area contributed by atoms with Crippen molar-refractivity contribution in [1.82, 2.24) is 4.90 Å². The Morgan fingerprint density at radius 3 is 2.43 bits per heavy atom. The molecule has 21 heavy (non-hydrogen) atoms. The summed E-state index contributed by atoms with van der Waals surface area (Å²) < 4.78 is 0. The number of rotatable bonds is 1. The third kappa shape index (κ3) is 2.13. The monoisotopic (exact) mass is 299 g/mol. The van der Waals surface area contributed by atoms with Gasteiger partial charge in [-0.1, -0.05) is 36.4 Å². The lowest BCUT2D eigenvalue weighted by Gasteiger charge is -2.37. The molecular weight excluding hydrogens is 282 g/mol. The second-order valence-corrected chi connectivity index (χ2v) is 6.81. The van der Waals surface area contributed by atoms with Crippen molar-refractivity contribution < 1.29 is 4.79 Å². The molecule has 2 saturated heterocycles. The molecule has 0 saturated carbocycles. The molecule has 2 nitrogen and oxygen atoms in total. The van der Waals surface area contributed by atoms with Gasteiger partial charge in [0.2, 0.25) is 0 Å². The molecule has 3 heteroatoms. The molecule has 2 unspecified atom stereocenters. The molecule has 2 bridgehead atoms. The number of amides is 1. The molecule has 2 aromatic rings. The number of benzene rings is 2. The third-order valence-electron chi connectivity index (χ3n) is 4.93. The largest absolute Gasteiger partial charge is 0.333 e. The van der Waals surface area contributed by atoms with Crippen molar-refractivity contribution in [2.24, 2.45) is 0 Å². The maximum absolute atomic E-state index is 13.1. The molecule has 0 radical (unpaired) electrons. The van der Waals surface area contributed by atoms with Gasteiger partial charge in [0, 0.05) is 23.0 Å². The van der Waals surface area contributed by atoms with Crippen molar-refractivity contribution in [3.8, 4) is 0 Å². The van der Waals surface area contributed by atoms with Gasteiger partial charge in [0.05, 0.1) is 0 Å². The minimum absolute atomic E-state index is 0.183. The molecule has 4 rings (SSSR count). The number of piperidine rings is 1. The Morgan fingerprint density at radius 1 is 1.00 bits per heavy atom. The first-order valence-corrected chi connectivity index (χ1v) is 8.12. The lowest BCUT2D eigenvalue weighted by molar-refractivity contribution is 0.0601. The Hall–Kier alpha value is -1.54. The average Bonchev–Trinajstić information content (AvgIpc) is 2.78. The van der Waals surface area contributed by atoms with Crippen LogP contribution in [0.5, 0.6) is 0 Å². The van der Waals surface area contributed by atoms with E-state index in [1.807, 2.05) is 30.3 Å². The molecule has 0 spiro atoms. The Kier molecular flexibility index (Phi) is 3.15. The standard InChI is InChI=1S/C18H18ClNO/c19-13-10-14-8-9-15(11-13)20(14)18(21)17-7-3-5-12-4-1-2-6-16(12)17/h1-7,13-15H,8-11H2. The number of carbonyl (C=O) groups is 1. The fourth-order valence-corrected chi connectivity index (χ4v) is 4.40. The summed E-state index contributed by atoms with van der Waals surface area (Å²) in [5, 5.41) is 2.42. The molecule has 2 heterocycles. The maximum Gasteiger partial charge on any atom is 0.254 e. The average molecular weight is 300 g/mol. The van der Waals surface area contributed by atoms with Crippen LogP contribution in [0.25, 0.3) is 10.8 Å². The Labute approximate surface area is 129 Å². The number of carbonyl (C=O) groups excluding carboxylic acids is 1. The Bertz CT molecular complexity index is 679. The summed E-state index contributed by atoms with van der Waals surface area (Å²) in [5.74, 6) is 0.183. The van der Waals surface area contributed by atoms with E-state index in [1.54, 1.807) is 0 Å². The van der Waals surface area contributed by atoms with Crippen molar-refractivity contribution in [3.05, 3.63) is 48.0 Å². The number of fused-ring (bicyclic) bond motifs is 3. The molecular formula is C18H18ClNO. The van der Waals surface area contributed by atoms with Crippen molar-refractivity contribution in [3.63, 3.8) is 0 Å². The summed E-state index contributed by atoms with van der Waals surface area (Å²) in [5.41, 5.74) is 0.832. The predicted octanol–water partition coefficient (Wildman–Crippen LogP) is 4.21. The molecule has 2 fully saturated rings. The van der Waals surface area contributed by atoms with E-state index in [0.717, 1.165) is 42.0 Å². The van der Waals surface area contributed by atoms with E-state index in [-0.39, 0.29) is 11.3 Å². The summed E-state index contributed by atoms with van der Waals surface area (Å²) in [6.45, 7) is 0. The van der Waals surface area contributed by atoms with Crippen LogP contribution < -0.4 is 0 Å². The molecule has 2 aliphatic heterocycles. The molecule has 2 atom stereocenters. The van der Waals surface area contributed by atoms with Crippen molar-refractivity contribution in [1.29, 1.82) is 0 Å². The zero-order valence-electron chi connectivity index (χ0n) is 11.8. The van der Waals surface area contributed by atoms with Gasteiger partial charge in [0.25, 0.3) is 5.91 Å². The third-order valence-corrected chi connectivity index (χ3v) is 5.29. The first-order valence-electron chi connectivity index (χ1n) is 7.68. The van der Waals surface area contributed by atoms with Gasteiger partial charge in [-0.05, 0) is 42.5 Å². The normalized spacial score (nSPS) is 28.0. The highest BCUT2D eigenvalue weighted by Crippen LogP contribution is 2.39. The highest BCUT2D eigenvalue weighted by Gasteiger charge is 2.43. The SMILES string of the molecule is O=C(c1cccc2ccccc12)N1C2CCC1CC(Cl)C2. The lowest BCUT2D eigenvalue weighted by atomic mass is 9.98. The molecule has 0 aliphatic carbocycles. The van der Waals surface area contributed by atoms with E-state index in [0.29, 0.717) is 12.1 Å². The van der Waals surface area contributed by atoms with Crippen LogP contribution in [0.2, 0.25) is 0 Å². The van der Waals surface area contributed by atoms with Crippen LogP contribution in [-0.4, -0.2) is 28.3 Å². The Balaban J connectivity index is 1.74. The van der Waals surface area contributed by atoms with Crippen molar-refractivity contribution in [2.45, 2.75) is 43.1 Å². The van der Waals surface area contributed by atoms with Crippen molar-refractivity contribution in [2.75, 3.05) is 0 Å². The van der Waals surface area contributed by atoms with Crippen LogP contribution in [0.15, 0.2) is 42.5 Å². The molecule has 1 amide bonds. The second kappa shape index (κ2) is 5.03. The highest BCUT2D eigenvalue weighted by atomic mass is 35.5. The van der Waals surface area contributed by atoms with Crippen molar-refractivity contribution >= 4 is 28.3 Å².